The van der Waals surface area contributed by atoms with E-state index in [1.165, 1.54) is 37.4 Å². The van der Waals surface area contributed by atoms with Gasteiger partial charge in [0, 0.05) is 80.6 Å². The van der Waals surface area contributed by atoms with Gasteiger partial charge >= 0.3 is 25.9 Å². The number of ether oxygens (including phenoxy) is 2. The second-order valence-corrected chi connectivity index (χ2v) is 25.6. The molecule has 0 bridgehead atoms. The number of thiazole rings is 1. The Balaban J connectivity index is 1.86. The molecule has 1 aliphatic heterocycles. The van der Waals surface area contributed by atoms with Crippen molar-refractivity contribution in [2.45, 2.75) is 161 Å². The second-order valence-electron chi connectivity index (χ2n) is 20.4. The lowest BCUT2D eigenvalue weighted by Crippen LogP contribution is -2.48. The highest BCUT2D eigenvalue weighted by Crippen LogP contribution is 2.40. The van der Waals surface area contributed by atoms with E-state index in [0.29, 0.717) is 37.0 Å². The molecular weight excluding hydrogens is 1060 g/mol. The van der Waals surface area contributed by atoms with Gasteiger partial charge in [-0.1, -0.05) is 75.1 Å². The van der Waals surface area contributed by atoms with Crippen LogP contribution >= 0.6 is 40.7 Å². The van der Waals surface area contributed by atoms with Crippen LogP contribution in [0.3, 0.4) is 0 Å². The fourth-order valence-electron chi connectivity index (χ4n) is 8.76. The number of benzene rings is 1. The lowest BCUT2D eigenvalue weighted by atomic mass is 9.83. The smallest absolute Gasteiger partial charge is 0.481 e. The molecule has 0 saturated carbocycles. The molecule has 0 spiro atoms. The Morgan fingerprint density at radius 1 is 1.03 bits per heavy atom. The number of ketones is 1. The molecular formula is C51H79N6O15PS3. The summed E-state index contributed by atoms with van der Waals surface area (Å²) in [6, 6.07) is 2.54. The van der Waals surface area contributed by atoms with Crippen molar-refractivity contribution in [3.63, 3.8) is 0 Å². The van der Waals surface area contributed by atoms with Gasteiger partial charge < -0.3 is 40.0 Å². The summed E-state index contributed by atoms with van der Waals surface area (Å²) in [7, 11) is 3.05. The molecule has 7 atom stereocenters. The van der Waals surface area contributed by atoms with E-state index in [1.807, 2.05) is 48.6 Å². The number of esters is 1. The topological polar surface area (TPSA) is 297 Å². The molecule has 426 valence electrons. The van der Waals surface area contributed by atoms with E-state index in [-0.39, 0.29) is 94.5 Å². The van der Waals surface area contributed by atoms with Crippen LogP contribution in [0.25, 0.3) is 0 Å². The average Bonchev–Trinajstić information content (AvgIpc) is 3.84. The van der Waals surface area contributed by atoms with Crippen LogP contribution in [-0.2, 0) is 49.0 Å². The highest BCUT2D eigenvalue weighted by Gasteiger charge is 2.38. The normalized spacial score (nSPS) is 16.5. The average molecular weight is 1140 g/mol. The number of likely N-dealkylation sites (tertiary alicyclic amines) is 1. The predicted molar refractivity (Wildman–Crippen MR) is 293 cm³/mol. The Morgan fingerprint density at radius 3 is 2.33 bits per heavy atom. The maximum atomic E-state index is 14.4. The van der Waals surface area contributed by atoms with Crippen molar-refractivity contribution in [1.29, 1.82) is 0 Å². The molecule has 0 aliphatic carbocycles. The number of carboxylic acid groups (broad SMARTS) is 1. The third-order valence-corrected chi connectivity index (χ3v) is 18.1. The van der Waals surface area contributed by atoms with Gasteiger partial charge in [-0.3, -0.25) is 48.2 Å². The zero-order valence-corrected chi connectivity index (χ0v) is 48.9. The molecule has 2 heterocycles. The predicted octanol–water partition coefficient (Wildman–Crippen LogP) is 8.19. The fourth-order valence-corrected chi connectivity index (χ4v) is 12.5. The minimum Gasteiger partial charge on any atom is -0.481 e. The summed E-state index contributed by atoms with van der Waals surface area (Å²) in [6.07, 6.45) is 2.33. The molecule has 21 nitrogen and oxygen atoms in total. The Hall–Kier alpha value is -4.58. The van der Waals surface area contributed by atoms with Crippen molar-refractivity contribution in [3.05, 3.63) is 39.8 Å². The maximum absolute atomic E-state index is 14.4. The molecule has 1 aliphatic rings. The number of likely N-dealkylation sites (N-methyl/N-ethyl adjacent to an activating group) is 1. The monoisotopic (exact) mass is 1140 g/mol. The van der Waals surface area contributed by atoms with Crippen LogP contribution in [0.4, 0.5) is 10.5 Å². The molecule has 3 rings (SSSR count). The third kappa shape index (κ3) is 22.4. The molecule has 6 N–H and O–H groups in total. The summed E-state index contributed by atoms with van der Waals surface area (Å²) < 4.78 is 26.1. The summed E-state index contributed by atoms with van der Waals surface area (Å²) in [5, 5.41) is 19.8. The van der Waals surface area contributed by atoms with Gasteiger partial charge in [0.15, 0.2) is 17.6 Å². The van der Waals surface area contributed by atoms with E-state index in [2.05, 4.69) is 30.4 Å². The minimum absolute atomic E-state index is 0.0207. The molecule has 1 fully saturated rings. The number of nitrogens with zero attached hydrogens (tertiary/aromatic N) is 3. The molecule has 76 heavy (non-hydrogen) atoms. The molecule has 1 aromatic heterocycles. The number of carbonyl (C=O) groups is 8. The van der Waals surface area contributed by atoms with E-state index >= 15 is 0 Å². The Labute approximate surface area is 458 Å². The fraction of sp³-hybridized carbons (Fsp3) is 0.667. The number of Topliss-reactive ketones (excluding diaryl/α,β-unsaturated/α-hetero) is 1. The number of aliphatic carboxylic acids is 1. The van der Waals surface area contributed by atoms with Gasteiger partial charge in [0.1, 0.15) is 10.7 Å². The number of hydrogen-bond acceptors (Lipinski definition) is 17. The molecule has 2 aromatic rings. The quantitative estimate of drug-likeness (QED) is 0.0136. The van der Waals surface area contributed by atoms with Crippen molar-refractivity contribution in [1.82, 2.24) is 25.4 Å². The van der Waals surface area contributed by atoms with Gasteiger partial charge in [0.25, 0.3) is 5.91 Å². The van der Waals surface area contributed by atoms with Crippen molar-refractivity contribution < 1.29 is 71.8 Å². The van der Waals surface area contributed by atoms with Gasteiger partial charge in [-0.25, -0.2) is 14.3 Å². The SMILES string of the molecule is CC[C@H](C)[C@H](CC(=O)[C@H]1CCCCN1C)C(=O)N(C)[C@H](C[C@@H](OC(C)=O)c1nc(C(=O)N[C@@H](Cc2ccc(OC(=O)OP(=O)(O)O)c(NC(=O)CCCSSC(C)(C)CCC(=O)NC)c2)CC(C)C(=O)O)cs1)C(C)C. The Bertz CT molecular complexity index is 2370. The van der Waals surface area contributed by atoms with Crippen LogP contribution in [0.2, 0.25) is 0 Å². The number of carboxylic acids is 1. The van der Waals surface area contributed by atoms with Crippen molar-refractivity contribution in [3.8, 4) is 5.75 Å². The Morgan fingerprint density at radius 2 is 1.72 bits per heavy atom. The van der Waals surface area contributed by atoms with Crippen LogP contribution in [0.15, 0.2) is 23.6 Å². The van der Waals surface area contributed by atoms with E-state index in [1.54, 1.807) is 40.6 Å². The zero-order valence-electron chi connectivity index (χ0n) is 45.6. The molecule has 4 amide bonds. The highest BCUT2D eigenvalue weighted by atomic mass is 33.1. The first-order valence-electron chi connectivity index (χ1n) is 25.6. The molecule has 1 unspecified atom stereocenters. The number of aromatic nitrogens is 1. The summed E-state index contributed by atoms with van der Waals surface area (Å²) >= 11 is 1.07. The third-order valence-electron chi connectivity index (χ3n) is 13.4. The molecule has 1 aromatic carbocycles. The van der Waals surface area contributed by atoms with E-state index < -0.39 is 67.8 Å². The van der Waals surface area contributed by atoms with Gasteiger partial charge in [-0.15, -0.1) is 11.3 Å². The molecule has 25 heteroatoms. The number of carbonyl (C=O) groups excluding carboxylic acids is 7. The summed E-state index contributed by atoms with van der Waals surface area (Å²) in [5.41, 5.74) is 0.291. The van der Waals surface area contributed by atoms with Crippen LogP contribution in [0.1, 0.15) is 153 Å². The minimum atomic E-state index is -5.31. The number of hydrogen-bond donors (Lipinski definition) is 6. The van der Waals surface area contributed by atoms with Crippen LogP contribution in [-0.4, -0.2) is 133 Å². The van der Waals surface area contributed by atoms with Crippen molar-refractivity contribution >= 4 is 93.9 Å². The Kier molecular flexibility index (Phi) is 26.9. The number of anilines is 1. The first kappa shape index (κ1) is 65.7. The van der Waals surface area contributed by atoms with Gasteiger partial charge in [-0.2, -0.15) is 0 Å². The maximum Gasteiger partial charge on any atom is 0.529 e. The lowest BCUT2D eigenvalue weighted by Gasteiger charge is -2.37. The number of rotatable bonds is 31. The largest absolute Gasteiger partial charge is 0.529 e. The zero-order chi connectivity index (χ0) is 57.1. The number of amides is 4. The van der Waals surface area contributed by atoms with Crippen LogP contribution < -0.4 is 20.7 Å². The number of phosphoric acid groups is 1. The van der Waals surface area contributed by atoms with Crippen LogP contribution in [0, 0.1) is 23.7 Å². The second kappa shape index (κ2) is 31.1. The van der Waals surface area contributed by atoms with Gasteiger partial charge in [-0.05, 0) is 95.5 Å². The standard InChI is InChI=1S/C51H79N6O15PS3/c1-12-31(4)36(27-41(59)39-16-13-14-22-56(39)10)48(63)57(11)40(30(2)3)28-43(70-33(6)58)47-55-38(29-74-47)46(62)53-35(24-32(5)49(64)65)25-34-18-19-42(71-50(66)72-73(67,68)69)37(26-34)54-45(61)17-15-23-75-76-51(7,8)21-20-44(60)52-9/h18-19,26,29-32,35-36,39-40,43H,12-17,20-25,27-28H2,1-11H3,(H,52,60)(H,53,62)(H,54,61)(H,64,65)(H2,67,68,69)/t31-,32?,35+,36-,39+,40+,43+/m0/s1. The first-order valence-corrected chi connectivity index (χ1v) is 30.3. The summed E-state index contributed by atoms with van der Waals surface area (Å²) in [5.74, 6) is -4.58. The molecule has 1 saturated heterocycles. The first-order chi connectivity index (χ1) is 35.5. The molecule has 0 radical (unpaired) electrons. The van der Waals surface area contributed by atoms with Crippen molar-refractivity contribution in [2.24, 2.45) is 23.7 Å². The van der Waals surface area contributed by atoms with Gasteiger partial charge in [0.2, 0.25) is 17.7 Å². The van der Waals surface area contributed by atoms with E-state index in [4.69, 9.17) is 9.47 Å². The number of phosphoric ester groups is 1. The van der Waals surface area contributed by atoms with Crippen molar-refractivity contribution in [2.75, 3.05) is 38.8 Å². The number of nitrogens with one attached hydrogen (secondary N) is 3. The summed E-state index contributed by atoms with van der Waals surface area (Å²) in [6.45, 7) is 15.4. The lowest BCUT2D eigenvalue weighted by molar-refractivity contribution is -0.149. The van der Waals surface area contributed by atoms with E-state index in [0.717, 1.165) is 37.1 Å². The summed E-state index contributed by atoms with van der Waals surface area (Å²) in [4.78, 5) is 131. The number of piperidine rings is 1. The highest BCUT2D eigenvalue weighted by molar-refractivity contribution is 8.77. The van der Waals surface area contributed by atoms with Crippen LogP contribution in [0.5, 0.6) is 5.75 Å². The van der Waals surface area contributed by atoms with Gasteiger partial charge in [0.05, 0.1) is 17.6 Å². The van der Waals surface area contributed by atoms with E-state index in [9.17, 15) is 57.8 Å².